The van der Waals surface area contributed by atoms with Crippen LogP contribution in [0.25, 0.3) is 0 Å². The third-order valence-electron chi connectivity index (χ3n) is 2.05. The van der Waals surface area contributed by atoms with Crippen molar-refractivity contribution in [2.24, 2.45) is 5.73 Å². The van der Waals surface area contributed by atoms with Gasteiger partial charge in [-0.1, -0.05) is 6.42 Å². The second-order valence-electron chi connectivity index (χ2n) is 3.27. The zero-order valence-electron chi connectivity index (χ0n) is 8.66. The molecule has 0 aromatic carbocycles. The van der Waals surface area contributed by atoms with Crippen LogP contribution in [0.3, 0.4) is 0 Å². The lowest BCUT2D eigenvalue weighted by Gasteiger charge is -2.06. The van der Waals surface area contributed by atoms with Crippen LogP contribution in [0.5, 0.6) is 0 Å². The van der Waals surface area contributed by atoms with Gasteiger partial charge in [0.1, 0.15) is 5.82 Å². The molecule has 0 aliphatic rings. The van der Waals surface area contributed by atoms with Crippen LogP contribution in [-0.2, 0) is 0 Å². The van der Waals surface area contributed by atoms with Gasteiger partial charge in [0.2, 0.25) is 0 Å². The van der Waals surface area contributed by atoms with E-state index in [1.807, 2.05) is 6.92 Å². The molecule has 0 aliphatic carbocycles. The average molecular weight is 194 g/mol. The molecule has 0 radical (unpaired) electrons. The van der Waals surface area contributed by atoms with Crippen LogP contribution in [0, 0.1) is 6.92 Å². The molecule has 1 heterocycles. The maximum absolute atomic E-state index is 5.40. The number of nitrogens with two attached hydrogens (primary N) is 1. The smallest absolute Gasteiger partial charge is 0.147 e. The van der Waals surface area contributed by atoms with Gasteiger partial charge < -0.3 is 11.1 Å². The SMILES string of the molecule is Cc1nccnc1NCCCCCN. The Balaban J connectivity index is 2.21. The Hall–Kier alpha value is -1.16. The molecule has 0 saturated heterocycles. The summed E-state index contributed by atoms with van der Waals surface area (Å²) in [7, 11) is 0. The molecule has 4 nitrogen and oxygen atoms in total. The minimum Gasteiger partial charge on any atom is -0.369 e. The predicted molar refractivity (Wildman–Crippen MR) is 58.2 cm³/mol. The molecule has 4 heteroatoms. The molecule has 78 valence electrons. The monoisotopic (exact) mass is 194 g/mol. The summed E-state index contributed by atoms with van der Waals surface area (Å²) in [6.07, 6.45) is 6.81. The van der Waals surface area contributed by atoms with Crippen LogP contribution >= 0.6 is 0 Å². The fraction of sp³-hybridized carbons (Fsp3) is 0.600. The first-order chi connectivity index (χ1) is 6.84. The van der Waals surface area contributed by atoms with Crippen molar-refractivity contribution in [2.45, 2.75) is 26.2 Å². The number of hydrogen-bond acceptors (Lipinski definition) is 4. The highest BCUT2D eigenvalue weighted by Gasteiger charge is 1.97. The van der Waals surface area contributed by atoms with E-state index in [9.17, 15) is 0 Å². The number of nitrogens with zero attached hydrogens (tertiary/aromatic N) is 2. The number of nitrogens with one attached hydrogen (secondary N) is 1. The van der Waals surface area contributed by atoms with Crippen molar-refractivity contribution in [3.8, 4) is 0 Å². The average Bonchev–Trinajstić information content (AvgIpc) is 2.20. The highest BCUT2D eigenvalue weighted by atomic mass is 15.0. The summed E-state index contributed by atoms with van der Waals surface area (Å²) in [5, 5.41) is 3.26. The van der Waals surface area contributed by atoms with Crippen molar-refractivity contribution in [2.75, 3.05) is 18.4 Å². The Morgan fingerprint density at radius 1 is 1.21 bits per heavy atom. The van der Waals surface area contributed by atoms with Gasteiger partial charge in [0, 0.05) is 18.9 Å². The van der Waals surface area contributed by atoms with E-state index in [0.717, 1.165) is 37.4 Å². The molecule has 0 atom stereocenters. The molecular weight excluding hydrogens is 176 g/mol. The molecule has 1 rings (SSSR count). The second kappa shape index (κ2) is 6.32. The number of anilines is 1. The molecule has 0 amide bonds. The van der Waals surface area contributed by atoms with E-state index in [1.54, 1.807) is 12.4 Å². The third kappa shape index (κ3) is 3.70. The lowest BCUT2D eigenvalue weighted by molar-refractivity contribution is 0.706. The van der Waals surface area contributed by atoms with E-state index in [2.05, 4.69) is 15.3 Å². The Kier molecular flexibility index (Phi) is 4.93. The first-order valence-electron chi connectivity index (χ1n) is 5.06. The van der Waals surface area contributed by atoms with Crippen LogP contribution in [0.4, 0.5) is 5.82 Å². The lowest BCUT2D eigenvalue weighted by Crippen LogP contribution is -2.06. The number of unbranched alkanes of at least 4 members (excludes halogenated alkanes) is 2. The third-order valence-corrected chi connectivity index (χ3v) is 2.05. The summed E-state index contributed by atoms with van der Waals surface area (Å²) in [6, 6.07) is 0. The van der Waals surface area contributed by atoms with E-state index in [1.165, 1.54) is 6.42 Å². The quantitative estimate of drug-likeness (QED) is 0.670. The van der Waals surface area contributed by atoms with E-state index < -0.39 is 0 Å². The summed E-state index contributed by atoms with van der Waals surface area (Å²) < 4.78 is 0. The van der Waals surface area contributed by atoms with E-state index in [4.69, 9.17) is 5.73 Å². The highest BCUT2D eigenvalue weighted by Crippen LogP contribution is 2.06. The largest absolute Gasteiger partial charge is 0.369 e. The van der Waals surface area contributed by atoms with Gasteiger partial charge in [-0.2, -0.15) is 0 Å². The van der Waals surface area contributed by atoms with E-state index in [-0.39, 0.29) is 0 Å². The minimum absolute atomic E-state index is 0.782. The number of rotatable bonds is 6. The summed E-state index contributed by atoms with van der Waals surface area (Å²) in [6.45, 7) is 3.68. The molecule has 0 bridgehead atoms. The summed E-state index contributed by atoms with van der Waals surface area (Å²) in [4.78, 5) is 8.35. The number of hydrogen-bond donors (Lipinski definition) is 2. The van der Waals surface area contributed by atoms with Gasteiger partial charge in [-0.3, -0.25) is 4.98 Å². The fourth-order valence-corrected chi connectivity index (χ4v) is 1.23. The van der Waals surface area contributed by atoms with Crippen LogP contribution in [0.15, 0.2) is 12.4 Å². The standard InChI is InChI=1S/C10H18N4/c1-9-10(14-8-7-12-9)13-6-4-2-3-5-11/h7-8H,2-6,11H2,1H3,(H,13,14). The minimum atomic E-state index is 0.782. The fourth-order valence-electron chi connectivity index (χ4n) is 1.23. The maximum atomic E-state index is 5.40. The molecule has 14 heavy (non-hydrogen) atoms. The van der Waals surface area contributed by atoms with Gasteiger partial charge in [0.05, 0.1) is 5.69 Å². The molecular formula is C10H18N4. The van der Waals surface area contributed by atoms with Crippen molar-refractivity contribution < 1.29 is 0 Å². The Labute approximate surface area is 85.0 Å². The second-order valence-corrected chi connectivity index (χ2v) is 3.27. The van der Waals surface area contributed by atoms with Gasteiger partial charge in [-0.15, -0.1) is 0 Å². The Morgan fingerprint density at radius 2 is 2.00 bits per heavy atom. The molecule has 1 aromatic heterocycles. The van der Waals surface area contributed by atoms with Gasteiger partial charge in [0.25, 0.3) is 0 Å². The van der Waals surface area contributed by atoms with E-state index in [0.29, 0.717) is 0 Å². The van der Waals surface area contributed by atoms with E-state index >= 15 is 0 Å². The van der Waals surface area contributed by atoms with Crippen LogP contribution in [0.2, 0.25) is 0 Å². The van der Waals surface area contributed by atoms with Crippen LogP contribution in [0.1, 0.15) is 25.0 Å². The lowest BCUT2D eigenvalue weighted by atomic mass is 10.2. The topological polar surface area (TPSA) is 63.8 Å². The number of aromatic nitrogens is 2. The number of aryl methyl sites for hydroxylation is 1. The zero-order valence-corrected chi connectivity index (χ0v) is 8.66. The van der Waals surface area contributed by atoms with Gasteiger partial charge in [-0.05, 0) is 26.3 Å². The molecule has 0 saturated carbocycles. The molecule has 1 aromatic rings. The van der Waals surface area contributed by atoms with Crippen molar-refractivity contribution >= 4 is 5.82 Å². The van der Waals surface area contributed by atoms with Crippen molar-refractivity contribution in [1.82, 2.24) is 9.97 Å². The van der Waals surface area contributed by atoms with Crippen LogP contribution in [-0.4, -0.2) is 23.1 Å². The molecule has 0 spiro atoms. The maximum Gasteiger partial charge on any atom is 0.147 e. The van der Waals surface area contributed by atoms with Crippen molar-refractivity contribution in [3.63, 3.8) is 0 Å². The predicted octanol–water partition coefficient (Wildman–Crippen LogP) is 1.33. The summed E-state index contributed by atoms with van der Waals surface area (Å²) in [5.74, 6) is 0.889. The van der Waals surface area contributed by atoms with Gasteiger partial charge >= 0.3 is 0 Å². The van der Waals surface area contributed by atoms with Crippen molar-refractivity contribution in [1.29, 1.82) is 0 Å². The molecule has 3 N–H and O–H groups in total. The van der Waals surface area contributed by atoms with Gasteiger partial charge in [-0.25, -0.2) is 4.98 Å². The Morgan fingerprint density at radius 3 is 2.71 bits per heavy atom. The molecule has 0 fully saturated rings. The molecule has 0 aliphatic heterocycles. The zero-order chi connectivity index (χ0) is 10.2. The van der Waals surface area contributed by atoms with Crippen LogP contribution < -0.4 is 11.1 Å². The summed E-state index contributed by atoms with van der Waals surface area (Å²) >= 11 is 0. The summed E-state index contributed by atoms with van der Waals surface area (Å²) in [5.41, 5.74) is 6.35. The Bertz CT molecular complexity index is 262. The first-order valence-corrected chi connectivity index (χ1v) is 5.06. The first kappa shape index (κ1) is 10.9. The normalized spacial score (nSPS) is 10.1. The van der Waals surface area contributed by atoms with Gasteiger partial charge in [0.15, 0.2) is 0 Å². The highest BCUT2D eigenvalue weighted by molar-refractivity contribution is 5.37. The van der Waals surface area contributed by atoms with Crippen molar-refractivity contribution in [3.05, 3.63) is 18.1 Å². The molecule has 0 unspecified atom stereocenters.